The first-order valence-electron chi connectivity index (χ1n) is 7.73. The van der Waals surface area contributed by atoms with Crippen LogP contribution >= 0.6 is 0 Å². The summed E-state index contributed by atoms with van der Waals surface area (Å²) in [6.07, 6.45) is -3.81. The molecular formula is C15H17F5N2O3S. The van der Waals surface area contributed by atoms with Crippen molar-refractivity contribution in [2.45, 2.75) is 29.7 Å². The number of alkyl halides is 5. The van der Waals surface area contributed by atoms with Crippen LogP contribution in [0.2, 0.25) is 0 Å². The summed E-state index contributed by atoms with van der Waals surface area (Å²) in [5.41, 5.74) is 0.0149. The van der Waals surface area contributed by atoms with Crippen LogP contribution < -0.4 is 10.2 Å². The van der Waals surface area contributed by atoms with Gasteiger partial charge in [-0.1, -0.05) is 12.1 Å². The van der Waals surface area contributed by atoms with Crippen molar-refractivity contribution in [3.05, 3.63) is 24.3 Å². The van der Waals surface area contributed by atoms with Crippen molar-refractivity contribution in [2.75, 3.05) is 24.5 Å². The van der Waals surface area contributed by atoms with Crippen molar-refractivity contribution in [1.29, 1.82) is 0 Å². The van der Waals surface area contributed by atoms with Gasteiger partial charge in [-0.25, -0.2) is 8.42 Å². The number of benzene rings is 1. The van der Waals surface area contributed by atoms with Crippen LogP contribution in [0.1, 0.15) is 12.8 Å². The molecule has 1 amide bonds. The van der Waals surface area contributed by atoms with Crippen LogP contribution in [0.5, 0.6) is 0 Å². The van der Waals surface area contributed by atoms with Crippen LogP contribution in [0.3, 0.4) is 0 Å². The highest BCUT2D eigenvalue weighted by Crippen LogP contribution is 2.32. The maximum atomic E-state index is 12.9. The zero-order valence-corrected chi connectivity index (χ0v) is 14.3. The van der Waals surface area contributed by atoms with Gasteiger partial charge in [0, 0.05) is 13.1 Å². The molecule has 5 nitrogen and oxygen atoms in total. The Hall–Kier alpha value is -1.91. The second-order valence-corrected chi connectivity index (χ2v) is 7.78. The maximum absolute atomic E-state index is 12.9. The molecular weight excluding hydrogens is 383 g/mol. The first-order chi connectivity index (χ1) is 12.0. The maximum Gasteiger partial charge on any atom is 0.405 e. The topological polar surface area (TPSA) is 66.5 Å². The van der Waals surface area contributed by atoms with Gasteiger partial charge in [0.2, 0.25) is 15.7 Å². The lowest BCUT2D eigenvalue weighted by atomic mass is 9.96. The lowest BCUT2D eigenvalue weighted by Gasteiger charge is -2.34. The van der Waals surface area contributed by atoms with Gasteiger partial charge in [-0.3, -0.25) is 4.79 Å². The smallest absolute Gasteiger partial charge is 0.370 e. The number of anilines is 1. The molecule has 1 N–H and O–H groups in total. The fourth-order valence-electron chi connectivity index (χ4n) is 2.80. The predicted octanol–water partition coefficient (Wildman–Crippen LogP) is 2.58. The Morgan fingerprint density at radius 1 is 1.27 bits per heavy atom. The van der Waals surface area contributed by atoms with Crippen LogP contribution in [0.25, 0.3) is 0 Å². The molecule has 0 aliphatic carbocycles. The molecule has 1 atom stereocenters. The molecule has 11 heteroatoms. The largest absolute Gasteiger partial charge is 0.405 e. The van der Waals surface area contributed by atoms with Crippen molar-refractivity contribution < 1.29 is 35.2 Å². The quantitative estimate of drug-likeness (QED) is 0.772. The number of para-hydroxylation sites is 1. The summed E-state index contributed by atoms with van der Waals surface area (Å²) in [6, 6.07) is 5.15. The van der Waals surface area contributed by atoms with Gasteiger partial charge >= 0.3 is 11.9 Å². The minimum absolute atomic E-state index is 0.0149. The second-order valence-electron chi connectivity index (χ2n) is 5.89. The number of nitrogens with zero attached hydrogens (tertiary/aromatic N) is 1. The van der Waals surface area contributed by atoms with Gasteiger partial charge < -0.3 is 10.2 Å². The van der Waals surface area contributed by atoms with E-state index in [4.69, 9.17) is 0 Å². The lowest BCUT2D eigenvalue weighted by Crippen LogP contribution is -2.45. The monoisotopic (exact) mass is 400 g/mol. The fourth-order valence-corrected chi connectivity index (χ4v) is 3.75. The van der Waals surface area contributed by atoms with Crippen molar-refractivity contribution in [3.63, 3.8) is 0 Å². The SMILES string of the molecule is O=C(NCC(F)(F)F)C1CCCN(c2ccccc2S(=O)(=O)C(F)F)C1. The number of nitrogens with one attached hydrogen (secondary N) is 1. The van der Waals surface area contributed by atoms with Crippen molar-refractivity contribution >= 4 is 21.4 Å². The van der Waals surface area contributed by atoms with Crippen LogP contribution in [0.4, 0.5) is 27.6 Å². The molecule has 1 unspecified atom stereocenters. The van der Waals surface area contributed by atoms with Gasteiger partial charge in [-0.2, -0.15) is 22.0 Å². The molecule has 1 aromatic rings. The van der Waals surface area contributed by atoms with Gasteiger partial charge in [-0.05, 0) is 25.0 Å². The van der Waals surface area contributed by atoms with Gasteiger partial charge in [0.05, 0.1) is 16.5 Å². The zero-order chi connectivity index (χ0) is 19.5. The van der Waals surface area contributed by atoms with E-state index < -0.39 is 45.0 Å². The van der Waals surface area contributed by atoms with E-state index in [0.717, 1.165) is 6.07 Å². The van der Waals surface area contributed by atoms with Gasteiger partial charge in [-0.15, -0.1) is 0 Å². The minimum atomic E-state index is -4.85. The zero-order valence-electron chi connectivity index (χ0n) is 13.5. The first-order valence-corrected chi connectivity index (χ1v) is 9.27. The Bertz CT molecular complexity index is 752. The Kier molecular flexibility index (Phi) is 6.09. The molecule has 0 spiro atoms. The van der Waals surface area contributed by atoms with Crippen LogP contribution in [-0.2, 0) is 14.6 Å². The third-order valence-corrected chi connectivity index (χ3v) is 5.43. The van der Waals surface area contributed by atoms with E-state index in [9.17, 15) is 35.2 Å². The van der Waals surface area contributed by atoms with Crippen molar-refractivity contribution in [3.8, 4) is 0 Å². The molecule has 1 aromatic carbocycles. The Labute approximate surface area is 147 Å². The van der Waals surface area contributed by atoms with Gasteiger partial charge in [0.15, 0.2) is 0 Å². The highest BCUT2D eigenvalue weighted by atomic mass is 32.2. The number of piperidine rings is 1. The average Bonchev–Trinajstić information content (AvgIpc) is 2.59. The molecule has 0 bridgehead atoms. The number of hydrogen-bond donors (Lipinski definition) is 1. The number of carbonyl (C=O) groups excluding carboxylic acids is 1. The predicted molar refractivity (Wildman–Crippen MR) is 83.6 cm³/mol. The number of carbonyl (C=O) groups is 1. The van der Waals surface area contributed by atoms with Gasteiger partial charge in [0.1, 0.15) is 6.54 Å². The summed E-state index contributed by atoms with van der Waals surface area (Å²) < 4.78 is 86.1. The van der Waals surface area contributed by atoms with Gasteiger partial charge in [0.25, 0.3) is 0 Å². The minimum Gasteiger partial charge on any atom is -0.370 e. The van der Waals surface area contributed by atoms with Crippen molar-refractivity contribution in [1.82, 2.24) is 5.32 Å². The molecule has 2 rings (SSSR count). The van der Waals surface area contributed by atoms with E-state index in [1.807, 2.05) is 0 Å². The van der Waals surface area contributed by atoms with Crippen LogP contribution in [-0.4, -0.2) is 45.9 Å². The second kappa shape index (κ2) is 7.77. The Morgan fingerprint density at radius 2 is 1.92 bits per heavy atom. The summed E-state index contributed by atoms with van der Waals surface area (Å²) in [6.45, 7) is -1.21. The molecule has 1 aliphatic heterocycles. The Morgan fingerprint density at radius 3 is 2.54 bits per heavy atom. The molecule has 26 heavy (non-hydrogen) atoms. The van der Waals surface area contributed by atoms with E-state index in [2.05, 4.69) is 0 Å². The summed E-state index contributed by atoms with van der Waals surface area (Å²) in [7, 11) is -4.85. The summed E-state index contributed by atoms with van der Waals surface area (Å²) >= 11 is 0. The normalized spacial score (nSPS) is 18.8. The van der Waals surface area contributed by atoms with Crippen molar-refractivity contribution in [2.24, 2.45) is 5.92 Å². The van der Waals surface area contributed by atoms with Crippen LogP contribution in [0, 0.1) is 5.92 Å². The number of sulfone groups is 1. The molecule has 146 valence electrons. The fraction of sp³-hybridized carbons (Fsp3) is 0.533. The highest BCUT2D eigenvalue weighted by Gasteiger charge is 2.34. The molecule has 0 radical (unpaired) electrons. The summed E-state index contributed by atoms with van der Waals surface area (Å²) in [5, 5.41) is 1.80. The summed E-state index contributed by atoms with van der Waals surface area (Å²) in [4.78, 5) is 12.8. The lowest BCUT2D eigenvalue weighted by molar-refractivity contribution is -0.140. The van der Waals surface area contributed by atoms with Crippen LogP contribution in [0.15, 0.2) is 29.2 Å². The first kappa shape index (κ1) is 20.4. The highest BCUT2D eigenvalue weighted by molar-refractivity contribution is 7.91. The number of halogens is 5. The molecule has 0 saturated carbocycles. The number of rotatable bonds is 5. The van der Waals surface area contributed by atoms with E-state index in [1.54, 1.807) is 5.32 Å². The van der Waals surface area contributed by atoms with E-state index in [1.165, 1.54) is 23.1 Å². The standard InChI is InChI=1S/C15H17F5N2O3S/c16-14(17)26(24,25)12-6-2-1-5-11(12)22-7-3-4-10(8-22)13(23)21-9-15(18,19)20/h1-2,5-6,10,14H,3-4,7-9H2,(H,21,23). The molecule has 1 fully saturated rings. The number of hydrogen-bond acceptors (Lipinski definition) is 4. The third-order valence-electron chi connectivity index (χ3n) is 4.00. The third kappa shape index (κ3) is 4.83. The van der Waals surface area contributed by atoms with E-state index in [0.29, 0.717) is 19.4 Å². The number of amides is 1. The van der Waals surface area contributed by atoms with E-state index >= 15 is 0 Å². The Balaban J connectivity index is 2.19. The molecule has 1 aliphatic rings. The summed E-state index contributed by atoms with van der Waals surface area (Å²) in [5.74, 6) is -5.20. The molecule has 1 heterocycles. The average molecular weight is 400 g/mol. The van der Waals surface area contributed by atoms with E-state index in [-0.39, 0.29) is 12.2 Å². The molecule has 0 aromatic heterocycles. The molecule has 1 saturated heterocycles.